The summed E-state index contributed by atoms with van der Waals surface area (Å²) in [5.41, 5.74) is 0. The zero-order valence-corrected chi connectivity index (χ0v) is 13.0. The van der Waals surface area contributed by atoms with Gasteiger partial charge in [0.05, 0.1) is 13.2 Å². The van der Waals surface area contributed by atoms with Crippen LogP contribution in [0.2, 0.25) is 0 Å². The first-order chi connectivity index (χ1) is 9.45. The average molecular weight is 298 g/mol. The summed E-state index contributed by atoms with van der Waals surface area (Å²) in [5.74, 6) is 1.43. The van der Waals surface area contributed by atoms with Gasteiger partial charge >= 0.3 is 5.97 Å². The highest BCUT2D eigenvalue weighted by molar-refractivity contribution is 8.01. The van der Waals surface area contributed by atoms with Gasteiger partial charge in [-0.15, -0.1) is 11.8 Å². The molecule has 0 heterocycles. The molecule has 0 aliphatic rings. The molecule has 0 atom stereocenters. The molecule has 0 fully saturated rings. The van der Waals surface area contributed by atoms with Gasteiger partial charge in [-0.2, -0.15) is 0 Å². The van der Waals surface area contributed by atoms with Gasteiger partial charge in [0.1, 0.15) is 16.2 Å². The van der Waals surface area contributed by atoms with Crippen LogP contribution < -0.4 is 9.47 Å². The van der Waals surface area contributed by atoms with E-state index in [2.05, 4.69) is 6.92 Å². The van der Waals surface area contributed by atoms with Gasteiger partial charge in [-0.3, -0.25) is 4.79 Å². The Balaban J connectivity index is 2.30. The lowest BCUT2D eigenvalue weighted by atomic mass is 10.2. The van der Waals surface area contributed by atoms with Gasteiger partial charge in [-0.1, -0.05) is 6.92 Å². The SMILES string of the molecule is CCCOc1ccc(OCCSC(C)(C)C(=O)O)cc1. The molecule has 1 rings (SSSR count). The third-order valence-corrected chi connectivity index (χ3v) is 3.89. The van der Waals surface area contributed by atoms with E-state index in [0.29, 0.717) is 19.0 Å². The number of benzene rings is 1. The molecule has 0 saturated heterocycles. The molecular formula is C15H22O4S. The van der Waals surface area contributed by atoms with Crippen molar-refractivity contribution in [1.29, 1.82) is 0 Å². The normalized spacial score (nSPS) is 11.2. The number of carboxylic acids is 1. The smallest absolute Gasteiger partial charge is 0.319 e. The Labute approximate surface area is 124 Å². The minimum Gasteiger partial charge on any atom is -0.494 e. The topological polar surface area (TPSA) is 55.8 Å². The molecule has 0 aliphatic heterocycles. The predicted molar refractivity (Wildman–Crippen MR) is 81.9 cm³/mol. The van der Waals surface area contributed by atoms with Crippen molar-refractivity contribution in [2.24, 2.45) is 0 Å². The van der Waals surface area contributed by atoms with Crippen LogP contribution in [0.3, 0.4) is 0 Å². The molecule has 0 unspecified atom stereocenters. The molecule has 1 N–H and O–H groups in total. The molecule has 20 heavy (non-hydrogen) atoms. The predicted octanol–water partition coefficient (Wildman–Crippen LogP) is 3.45. The van der Waals surface area contributed by atoms with Gasteiger partial charge in [0.2, 0.25) is 0 Å². The summed E-state index contributed by atoms with van der Waals surface area (Å²) in [4.78, 5) is 10.9. The fraction of sp³-hybridized carbons (Fsp3) is 0.533. The average Bonchev–Trinajstić information content (AvgIpc) is 2.42. The minimum absolute atomic E-state index is 0.483. The number of ether oxygens (including phenoxy) is 2. The van der Waals surface area contributed by atoms with Crippen molar-refractivity contribution < 1.29 is 19.4 Å². The van der Waals surface area contributed by atoms with Gasteiger partial charge < -0.3 is 14.6 Å². The van der Waals surface area contributed by atoms with E-state index in [4.69, 9.17) is 14.6 Å². The largest absolute Gasteiger partial charge is 0.494 e. The number of rotatable bonds is 9. The van der Waals surface area contributed by atoms with E-state index >= 15 is 0 Å². The first kappa shape index (κ1) is 16.7. The van der Waals surface area contributed by atoms with E-state index in [0.717, 1.165) is 17.9 Å². The van der Waals surface area contributed by atoms with Gasteiger partial charge in [0.15, 0.2) is 0 Å². The number of hydrogen-bond donors (Lipinski definition) is 1. The highest BCUT2D eigenvalue weighted by Crippen LogP contribution is 2.24. The Morgan fingerprint density at radius 3 is 2.10 bits per heavy atom. The minimum atomic E-state index is -0.806. The summed E-state index contributed by atoms with van der Waals surface area (Å²) >= 11 is 1.37. The first-order valence-corrected chi connectivity index (χ1v) is 7.67. The Bertz CT molecular complexity index is 414. The van der Waals surface area contributed by atoms with Crippen LogP contribution in [0.15, 0.2) is 24.3 Å². The number of carbonyl (C=O) groups is 1. The lowest BCUT2D eigenvalue weighted by Crippen LogP contribution is -2.28. The van der Waals surface area contributed by atoms with E-state index in [1.54, 1.807) is 13.8 Å². The number of carboxylic acid groups (broad SMARTS) is 1. The summed E-state index contributed by atoms with van der Waals surface area (Å²) in [6.45, 7) is 6.64. The Hall–Kier alpha value is -1.36. The summed E-state index contributed by atoms with van der Waals surface area (Å²) in [6.07, 6.45) is 0.981. The van der Waals surface area contributed by atoms with E-state index in [-0.39, 0.29) is 0 Å². The standard InChI is InChI=1S/C15H22O4S/c1-4-9-18-12-5-7-13(8-6-12)19-10-11-20-15(2,3)14(16)17/h5-8H,4,9-11H2,1-3H3,(H,16,17). The van der Waals surface area contributed by atoms with Crippen LogP contribution >= 0.6 is 11.8 Å². The molecule has 0 aliphatic carbocycles. The summed E-state index contributed by atoms with van der Waals surface area (Å²) < 4.78 is 10.3. The molecule has 0 saturated carbocycles. The van der Waals surface area contributed by atoms with Crippen molar-refractivity contribution in [1.82, 2.24) is 0 Å². The molecule has 5 heteroatoms. The van der Waals surface area contributed by atoms with Gasteiger partial charge in [-0.05, 0) is 44.5 Å². The molecular weight excluding hydrogens is 276 g/mol. The fourth-order valence-corrected chi connectivity index (χ4v) is 2.17. The van der Waals surface area contributed by atoms with Gasteiger partial charge in [0, 0.05) is 5.75 Å². The maximum atomic E-state index is 10.9. The highest BCUT2D eigenvalue weighted by atomic mass is 32.2. The Morgan fingerprint density at radius 2 is 1.65 bits per heavy atom. The monoisotopic (exact) mass is 298 g/mol. The molecule has 0 radical (unpaired) electrons. The Kier molecular flexibility index (Phi) is 6.71. The van der Waals surface area contributed by atoms with Crippen LogP contribution in [0.4, 0.5) is 0 Å². The van der Waals surface area contributed by atoms with Crippen molar-refractivity contribution in [3.63, 3.8) is 0 Å². The lowest BCUT2D eigenvalue weighted by Gasteiger charge is -2.18. The van der Waals surface area contributed by atoms with Crippen LogP contribution in [0.25, 0.3) is 0 Å². The number of aliphatic carboxylic acids is 1. The van der Waals surface area contributed by atoms with Crippen LogP contribution in [0.1, 0.15) is 27.2 Å². The third-order valence-electron chi connectivity index (χ3n) is 2.63. The molecule has 0 spiro atoms. The molecule has 0 bridgehead atoms. The quantitative estimate of drug-likeness (QED) is 0.708. The van der Waals surface area contributed by atoms with Crippen molar-refractivity contribution in [2.75, 3.05) is 19.0 Å². The summed E-state index contributed by atoms with van der Waals surface area (Å²) in [7, 11) is 0. The fourth-order valence-electron chi connectivity index (χ4n) is 1.37. The zero-order chi connectivity index (χ0) is 15.0. The molecule has 0 amide bonds. The van der Waals surface area contributed by atoms with Crippen LogP contribution in [-0.2, 0) is 4.79 Å². The molecule has 0 aromatic heterocycles. The number of thioether (sulfide) groups is 1. The van der Waals surface area contributed by atoms with Gasteiger partial charge in [-0.25, -0.2) is 0 Å². The van der Waals surface area contributed by atoms with Crippen molar-refractivity contribution >= 4 is 17.7 Å². The van der Waals surface area contributed by atoms with E-state index in [1.165, 1.54) is 11.8 Å². The second kappa shape index (κ2) is 8.04. The summed E-state index contributed by atoms with van der Waals surface area (Å²) in [5, 5.41) is 8.98. The molecule has 112 valence electrons. The summed E-state index contributed by atoms with van der Waals surface area (Å²) in [6, 6.07) is 7.47. The van der Waals surface area contributed by atoms with E-state index < -0.39 is 10.7 Å². The van der Waals surface area contributed by atoms with Crippen molar-refractivity contribution in [3.05, 3.63) is 24.3 Å². The third kappa shape index (κ3) is 5.74. The first-order valence-electron chi connectivity index (χ1n) is 6.68. The number of hydrogen-bond acceptors (Lipinski definition) is 4. The maximum Gasteiger partial charge on any atom is 0.319 e. The Morgan fingerprint density at radius 1 is 1.15 bits per heavy atom. The molecule has 1 aromatic rings. The van der Waals surface area contributed by atoms with Crippen molar-refractivity contribution in [2.45, 2.75) is 31.9 Å². The molecule has 1 aromatic carbocycles. The second-order valence-electron chi connectivity index (χ2n) is 4.83. The van der Waals surface area contributed by atoms with Crippen LogP contribution in [0.5, 0.6) is 11.5 Å². The van der Waals surface area contributed by atoms with Crippen molar-refractivity contribution in [3.8, 4) is 11.5 Å². The van der Waals surface area contributed by atoms with E-state index in [9.17, 15) is 4.79 Å². The van der Waals surface area contributed by atoms with E-state index in [1.807, 2.05) is 24.3 Å². The second-order valence-corrected chi connectivity index (χ2v) is 6.55. The zero-order valence-electron chi connectivity index (χ0n) is 12.2. The highest BCUT2D eigenvalue weighted by Gasteiger charge is 2.27. The van der Waals surface area contributed by atoms with Crippen LogP contribution in [-0.4, -0.2) is 34.8 Å². The lowest BCUT2D eigenvalue weighted by molar-refractivity contribution is -0.138. The van der Waals surface area contributed by atoms with Gasteiger partial charge in [0.25, 0.3) is 0 Å². The maximum absolute atomic E-state index is 10.9. The molecule has 4 nitrogen and oxygen atoms in total. The van der Waals surface area contributed by atoms with Crippen LogP contribution in [0, 0.1) is 0 Å².